The molecule has 5 heteroatoms. The average Bonchev–Trinajstić information content (AvgIpc) is 2.45. The molecule has 1 rings (SSSR count). The molecular weight excluding hydrogens is 268 g/mol. The van der Waals surface area contributed by atoms with Crippen molar-refractivity contribution in [3.8, 4) is 0 Å². The van der Waals surface area contributed by atoms with Gasteiger partial charge in [-0.3, -0.25) is 9.59 Å². The van der Waals surface area contributed by atoms with E-state index in [1.807, 2.05) is 26.8 Å². The number of aliphatic hydroxyl groups is 1. The molecule has 116 valence electrons. The molecule has 1 aromatic carbocycles. The van der Waals surface area contributed by atoms with Crippen molar-refractivity contribution in [3.63, 3.8) is 0 Å². The third-order valence-electron chi connectivity index (χ3n) is 3.34. The maximum atomic E-state index is 11.9. The van der Waals surface area contributed by atoms with Crippen LogP contribution < -0.4 is 10.6 Å². The number of hydrogen-bond donors (Lipinski definition) is 3. The number of nitrogens with one attached hydrogen (secondary N) is 2. The average molecular weight is 292 g/mol. The number of rotatable bonds is 7. The molecule has 0 aromatic heterocycles. The van der Waals surface area contributed by atoms with Gasteiger partial charge in [0.2, 0.25) is 5.91 Å². The van der Waals surface area contributed by atoms with Gasteiger partial charge in [-0.05, 0) is 43.5 Å². The van der Waals surface area contributed by atoms with Gasteiger partial charge >= 0.3 is 0 Å². The molecule has 0 fully saturated rings. The molecule has 1 atom stereocenters. The van der Waals surface area contributed by atoms with Crippen LogP contribution in [0.1, 0.15) is 41.3 Å². The van der Waals surface area contributed by atoms with Gasteiger partial charge < -0.3 is 15.7 Å². The maximum Gasteiger partial charge on any atom is 0.251 e. The van der Waals surface area contributed by atoms with Gasteiger partial charge in [0, 0.05) is 12.1 Å². The molecule has 0 radical (unpaired) electrons. The summed E-state index contributed by atoms with van der Waals surface area (Å²) in [6, 6.07) is 5.42. The molecule has 0 saturated carbocycles. The smallest absolute Gasteiger partial charge is 0.251 e. The van der Waals surface area contributed by atoms with Crippen LogP contribution in [0.15, 0.2) is 18.2 Å². The monoisotopic (exact) mass is 292 g/mol. The number of aryl methyl sites for hydroxylation is 2. The van der Waals surface area contributed by atoms with Crippen molar-refractivity contribution in [2.24, 2.45) is 0 Å². The van der Waals surface area contributed by atoms with Crippen molar-refractivity contribution in [2.75, 3.05) is 13.1 Å². The zero-order chi connectivity index (χ0) is 15.8. The second-order valence-corrected chi connectivity index (χ2v) is 5.23. The van der Waals surface area contributed by atoms with Crippen molar-refractivity contribution >= 4 is 11.8 Å². The first-order valence-corrected chi connectivity index (χ1v) is 7.24. The largest absolute Gasteiger partial charge is 0.391 e. The molecule has 3 N–H and O–H groups in total. The van der Waals surface area contributed by atoms with E-state index < -0.39 is 6.10 Å². The molecule has 0 saturated heterocycles. The minimum Gasteiger partial charge on any atom is -0.391 e. The van der Waals surface area contributed by atoms with E-state index >= 15 is 0 Å². The van der Waals surface area contributed by atoms with Crippen molar-refractivity contribution in [2.45, 2.75) is 39.7 Å². The van der Waals surface area contributed by atoms with Crippen LogP contribution >= 0.6 is 0 Å². The fourth-order valence-corrected chi connectivity index (χ4v) is 1.87. The topological polar surface area (TPSA) is 78.4 Å². The van der Waals surface area contributed by atoms with E-state index in [-0.39, 0.29) is 24.9 Å². The molecule has 0 bridgehead atoms. The number of aliphatic hydroxyl groups excluding tert-OH is 1. The second kappa shape index (κ2) is 8.42. The Morgan fingerprint density at radius 1 is 1.19 bits per heavy atom. The van der Waals surface area contributed by atoms with Crippen LogP contribution in [0.4, 0.5) is 0 Å². The molecule has 0 aliphatic rings. The fourth-order valence-electron chi connectivity index (χ4n) is 1.87. The summed E-state index contributed by atoms with van der Waals surface area (Å²) in [5, 5.41) is 14.7. The lowest BCUT2D eigenvalue weighted by molar-refractivity contribution is -0.120. The Labute approximate surface area is 125 Å². The highest BCUT2D eigenvalue weighted by Gasteiger charge is 2.10. The summed E-state index contributed by atoms with van der Waals surface area (Å²) >= 11 is 0. The number of carbonyl (C=O) groups excluding carboxylic acids is 2. The van der Waals surface area contributed by atoms with E-state index in [0.29, 0.717) is 12.0 Å². The molecule has 0 spiro atoms. The van der Waals surface area contributed by atoms with Crippen molar-refractivity contribution in [1.82, 2.24) is 10.6 Å². The van der Waals surface area contributed by atoms with Gasteiger partial charge in [0.1, 0.15) is 0 Å². The molecule has 2 amide bonds. The van der Waals surface area contributed by atoms with E-state index in [2.05, 4.69) is 10.6 Å². The first-order valence-electron chi connectivity index (χ1n) is 7.24. The third kappa shape index (κ3) is 5.95. The van der Waals surface area contributed by atoms with Gasteiger partial charge in [0.05, 0.1) is 12.6 Å². The highest BCUT2D eigenvalue weighted by molar-refractivity contribution is 5.96. The van der Waals surface area contributed by atoms with Crippen LogP contribution in [-0.2, 0) is 4.79 Å². The van der Waals surface area contributed by atoms with Gasteiger partial charge in [0.15, 0.2) is 0 Å². The summed E-state index contributed by atoms with van der Waals surface area (Å²) in [7, 11) is 0. The summed E-state index contributed by atoms with van der Waals surface area (Å²) < 4.78 is 0. The Morgan fingerprint density at radius 2 is 1.90 bits per heavy atom. The lowest BCUT2D eigenvalue weighted by atomic mass is 10.1. The zero-order valence-electron chi connectivity index (χ0n) is 12.9. The Bertz CT molecular complexity index is 500. The summed E-state index contributed by atoms with van der Waals surface area (Å²) in [5.41, 5.74) is 2.70. The number of amides is 2. The van der Waals surface area contributed by atoms with Gasteiger partial charge in [-0.25, -0.2) is 0 Å². The van der Waals surface area contributed by atoms with Crippen molar-refractivity contribution in [3.05, 3.63) is 34.9 Å². The SMILES string of the molecule is CCCC(O)CNC(=O)CNC(=O)c1ccc(C)c(C)c1. The first-order chi connectivity index (χ1) is 9.93. The Kier molecular flexibility index (Phi) is 6.88. The van der Waals surface area contributed by atoms with Crippen molar-refractivity contribution < 1.29 is 14.7 Å². The van der Waals surface area contributed by atoms with E-state index in [1.54, 1.807) is 12.1 Å². The number of benzene rings is 1. The first kappa shape index (κ1) is 17.2. The fraction of sp³-hybridized carbons (Fsp3) is 0.500. The Hall–Kier alpha value is -1.88. The van der Waals surface area contributed by atoms with Crippen LogP contribution in [0.3, 0.4) is 0 Å². The van der Waals surface area contributed by atoms with Crippen molar-refractivity contribution in [1.29, 1.82) is 0 Å². The Morgan fingerprint density at radius 3 is 2.52 bits per heavy atom. The normalized spacial score (nSPS) is 11.8. The minimum absolute atomic E-state index is 0.0927. The predicted molar refractivity (Wildman–Crippen MR) is 82.2 cm³/mol. The molecule has 21 heavy (non-hydrogen) atoms. The second-order valence-electron chi connectivity index (χ2n) is 5.23. The molecule has 0 aliphatic heterocycles. The van der Waals surface area contributed by atoms with E-state index in [9.17, 15) is 14.7 Å². The number of hydrogen-bond acceptors (Lipinski definition) is 3. The molecule has 1 unspecified atom stereocenters. The van der Waals surface area contributed by atoms with Crippen LogP contribution in [0.25, 0.3) is 0 Å². The molecule has 0 aliphatic carbocycles. The molecule has 0 heterocycles. The summed E-state index contributed by atoms with van der Waals surface area (Å²) in [4.78, 5) is 23.5. The van der Waals surface area contributed by atoms with Crippen LogP contribution in [0.5, 0.6) is 0 Å². The van der Waals surface area contributed by atoms with Crippen LogP contribution in [0, 0.1) is 13.8 Å². The van der Waals surface area contributed by atoms with E-state index in [1.165, 1.54) is 0 Å². The summed E-state index contributed by atoms with van der Waals surface area (Å²) in [6.07, 6.45) is 0.977. The number of carbonyl (C=O) groups is 2. The lowest BCUT2D eigenvalue weighted by Crippen LogP contribution is -2.40. The van der Waals surface area contributed by atoms with Gasteiger partial charge in [-0.15, -0.1) is 0 Å². The minimum atomic E-state index is -0.533. The van der Waals surface area contributed by atoms with Gasteiger partial charge in [-0.2, -0.15) is 0 Å². The van der Waals surface area contributed by atoms with E-state index in [0.717, 1.165) is 17.5 Å². The van der Waals surface area contributed by atoms with Gasteiger partial charge in [-0.1, -0.05) is 19.4 Å². The van der Waals surface area contributed by atoms with Crippen LogP contribution in [-0.4, -0.2) is 36.1 Å². The Balaban J connectivity index is 2.38. The molecule has 5 nitrogen and oxygen atoms in total. The quantitative estimate of drug-likeness (QED) is 0.709. The standard InChI is InChI=1S/C16H24N2O3/c1-4-5-14(19)9-17-15(20)10-18-16(21)13-7-6-11(2)12(3)8-13/h6-8,14,19H,4-5,9-10H2,1-3H3,(H,17,20)(H,18,21). The highest BCUT2D eigenvalue weighted by atomic mass is 16.3. The molecule has 1 aromatic rings. The predicted octanol–water partition coefficient (Wildman–Crippen LogP) is 1.31. The van der Waals surface area contributed by atoms with Crippen LogP contribution in [0.2, 0.25) is 0 Å². The zero-order valence-corrected chi connectivity index (χ0v) is 12.9. The molecular formula is C16H24N2O3. The lowest BCUT2D eigenvalue weighted by Gasteiger charge is -2.11. The highest BCUT2D eigenvalue weighted by Crippen LogP contribution is 2.09. The van der Waals surface area contributed by atoms with Gasteiger partial charge in [0.25, 0.3) is 5.91 Å². The van der Waals surface area contributed by atoms with E-state index in [4.69, 9.17) is 0 Å². The maximum absolute atomic E-state index is 11.9. The summed E-state index contributed by atoms with van der Waals surface area (Å²) in [6.45, 7) is 6.01. The summed E-state index contributed by atoms with van der Waals surface area (Å²) in [5.74, 6) is -0.579. The third-order valence-corrected chi connectivity index (χ3v) is 3.34.